The zero-order valence-corrected chi connectivity index (χ0v) is 25.1. The van der Waals surface area contributed by atoms with Crippen LogP contribution < -0.4 is 16.8 Å². The Bertz CT molecular complexity index is 1400. The third-order valence-corrected chi connectivity index (χ3v) is 7.96. The molecule has 18 heteroatoms. The number of hydrogen-bond acceptors (Lipinski definition) is 15. The highest BCUT2D eigenvalue weighted by atomic mass is 32.3. The molecule has 240 valence electrons. The van der Waals surface area contributed by atoms with Crippen molar-refractivity contribution in [3.05, 3.63) is 12.7 Å². The second kappa shape index (κ2) is 13.3. The van der Waals surface area contributed by atoms with E-state index in [4.69, 9.17) is 25.7 Å². The maximum atomic E-state index is 13.1. The van der Waals surface area contributed by atoms with E-state index in [0.29, 0.717) is 24.2 Å². The predicted molar refractivity (Wildman–Crippen MR) is 149 cm³/mol. The number of aliphatic hydroxyl groups excluding tert-OH is 1. The topological polar surface area (TPSA) is 253 Å². The van der Waals surface area contributed by atoms with Crippen LogP contribution in [0.1, 0.15) is 53.2 Å². The van der Waals surface area contributed by atoms with Crippen molar-refractivity contribution in [3.63, 3.8) is 0 Å². The summed E-state index contributed by atoms with van der Waals surface area (Å²) in [7, 11) is -4.92. The van der Waals surface area contributed by atoms with Crippen LogP contribution >= 0.6 is 0 Å². The third-order valence-electron chi connectivity index (χ3n) is 7.53. The number of aromatic nitrogens is 4. The van der Waals surface area contributed by atoms with Gasteiger partial charge in [-0.3, -0.25) is 18.7 Å². The van der Waals surface area contributed by atoms with Crippen LogP contribution in [0.4, 0.5) is 5.82 Å². The number of imidazole rings is 1. The summed E-state index contributed by atoms with van der Waals surface area (Å²) < 4.78 is 55.5. The molecule has 0 radical (unpaired) electrons. The summed E-state index contributed by atoms with van der Waals surface area (Å²) in [5.41, 5.74) is 12.6. The van der Waals surface area contributed by atoms with Crippen LogP contribution in [-0.2, 0) is 38.4 Å². The smallest absolute Gasteiger partial charge is 0.397 e. The molecule has 17 nitrogen and oxygen atoms in total. The fraction of sp³-hybridized carbons (Fsp3) is 0.720. The van der Waals surface area contributed by atoms with Crippen molar-refractivity contribution in [2.45, 2.75) is 95.7 Å². The summed E-state index contributed by atoms with van der Waals surface area (Å²) >= 11 is 0. The van der Waals surface area contributed by atoms with Crippen LogP contribution in [0.15, 0.2) is 12.7 Å². The van der Waals surface area contributed by atoms with E-state index in [2.05, 4.69) is 24.5 Å². The number of anilines is 1. The number of fused-ring (bicyclic) bond motifs is 1. The summed E-state index contributed by atoms with van der Waals surface area (Å²) in [5.74, 6) is -1.94. The van der Waals surface area contributed by atoms with Crippen LogP contribution in [0.2, 0.25) is 0 Å². The quantitative estimate of drug-likeness (QED) is 0.149. The lowest BCUT2D eigenvalue weighted by Gasteiger charge is -2.27. The van der Waals surface area contributed by atoms with Gasteiger partial charge in [0.15, 0.2) is 35.4 Å². The molecule has 2 fully saturated rings. The monoisotopic (exact) mass is 629 g/mol. The Morgan fingerprint density at radius 3 is 2.26 bits per heavy atom. The van der Waals surface area contributed by atoms with Gasteiger partial charge in [-0.05, 0) is 31.1 Å². The van der Waals surface area contributed by atoms with E-state index in [0.717, 1.165) is 6.42 Å². The molecule has 0 amide bonds. The Hall–Kier alpha value is -3.00. The van der Waals surface area contributed by atoms with Gasteiger partial charge in [0.1, 0.15) is 24.5 Å². The van der Waals surface area contributed by atoms with E-state index in [9.17, 15) is 27.7 Å². The Balaban J connectivity index is 1.73. The lowest BCUT2D eigenvalue weighted by Crippen LogP contribution is -2.48. The molecule has 3 heterocycles. The molecule has 0 unspecified atom stereocenters. The van der Waals surface area contributed by atoms with Gasteiger partial charge in [0.05, 0.1) is 19.0 Å². The Labute approximate surface area is 248 Å². The van der Waals surface area contributed by atoms with Crippen LogP contribution in [0, 0.1) is 11.8 Å². The first-order valence-corrected chi connectivity index (χ1v) is 15.3. The lowest BCUT2D eigenvalue weighted by molar-refractivity contribution is -0.171. The van der Waals surface area contributed by atoms with Crippen molar-refractivity contribution in [1.29, 1.82) is 0 Å². The standard InChI is InChI=1S/C25H39N7O10S/c1-11(2)16(26)24(34)41-19-15(8-39-43(36,37)38)40-23(20(19)42-25(35)17(27)12(3)4)32-10-30-18-21(28-9-29-22(18)32)31-13-5-6-14(33)7-13/h9-17,19-20,23,33H,5-8,26-27H2,1-4H3,(H,28,29,31)(H,36,37,38)/t13-,14+,15+,16-,17-,19+,20+,23+/m0/s1. The molecule has 0 spiro atoms. The Morgan fingerprint density at radius 2 is 1.70 bits per heavy atom. The van der Waals surface area contributed by atoms with Crippen molar-refractivity contribution in [2.75, 3.05) is 11.9 Å². The predicted octanol–water partition coefficient (Wildman–Crippen LogP) is -0.341. The third kappa shape index (κ3) is 7.75. The highest BCUT2D eigenvalue weighted by molar-refractivity contribution is 7.80. The van der Waals surface area contributed by atoms with Gasteiger partial charge in [0.2, 0.25) is 0 Å². The lowest BCUT2D eigenvalue weighted by atomic mass is 10.0. The van der Waals surface area contributed by atoms with Gasteiger partial charge in [-0.2, -0.15) is 8.42 Å². The normalized spacial score (nSPS) is 27.5. The number of nitrogens with zero attached hydrogens (tertiary/aromatic N) is 4. The Morgan fingerprint density at radius 1 is 1.07 bits per heavy atom. The minimum absolute atomic E-state index is 0.0388. The van der Waals surface area contributed by atoms with Crippen molar-refractivity contribution in [3.8, 4) is 0 Å². The minimum Gasteiger partial charge on any atom is -0.454 e. The number of hydrogen-bond donors (Lipinski definition) is 5. The van der Waals surface area contributed by atoms with E-state index < -0.39 is 71.7 Å². The number of esters is 2. The van der Waals surface area contributed by atoms with Crippen LogP contribution in [0.5, 0.6) is 0 Å². The summed E-state index contributed by atoms with van der Waals surface area (Å²) in [6.45, 7) is 6.04. The van der Waals surface area contributed by atoms with E-state index in [1.807, 2.05) is 0 Å². The number of rotatable bonds is 12. The molecular weight excluding hydrogens is 590 g/mol. The molecule has 1 aliphatic heterocycles. The first-order chi connectivity index (χ1) is 20.2. The van der Waals surface area contributed by atoms with E-state index in [-0.39, 0.29) is 23.5 Å². The number of nitrogens with two attached hydrogens (primary N) is 2. The van der Waals surface area contributed by atoms with Gasteiger partial charge in [0, 0.05) is 6.04 Å². The molecule has 7 N–H and O–H groups in total. The molecule has 1 saturated carbocycles. The summed E-state index contributed by atoms with van der Waals surface area (Å²) in [6.07, 6.45) is -1.33. The highest BCUT2D eigenvalue weighted by Crippen LogP contribution is 2.37. The van der Waals surface area contributed by atoms with Crippen molar-refractivity contribution in [1.82, 2.24) is 19.5 Å². The zero-order valence-electron chi connectivity index (χ0n) is 24.3. The molecule has 0 aromatic carbocycles. The second-order valence-electron chi connectivity index (χ2n) is 11.5. The van der Waals surface area contributed by atoms with Gasteiger partial charge in [-0.15, -0.1) is 0 Å². The van der Waals surface area contributed by atoms with Gasteiger partial charge in [-0.25, -0.2) is 19.1 Å². The van der Waals surface area contributed by atoms with E-state index >= 15 is 0 Å². The van der Waals surface area contributed by atoms with Crippen molar-refractivity contribution in [2.24, 2.45) is 23.3 Å². The molecular formula is C25H39N7O10S. The number of ether oxygens (including phenoxy) is 3. The molecule has 0 bridgehead atoms. The number of nitrogens with one attached hydrogen (secondary N) is 1. The summed E-state index contributed by atoms with van der Waals surface area (Å²) in [6, 6.07) is -2.16. The molecule has 43 heavy (non-hydrogen) atoms. The summed E-state index contributed by atoms with van der Waals surface area (Å²) in [5, 5.41) is 13.2. The first-order valence-electron chi connectivity index (χ1n) is 14.0. The van der Waals surface area contributed by atoms with Crippen molar-refractivity contribution < 1.29 is 46.1 Å². The first kappa shape index (κ1) is 32.9. The molecule has 2 aliphatic rings. The fourth-order valence-electron chi connectivity index (χ4n) is 4.88. The van der Waals surface area contributed by atoms with Gasteiger partial charge in [-0.1, -0.05) is 27.7 Å². The minimum atomic E-state index is -4.92. The van der Waals surface area contributed by atoms with E-state index in [1.54, 1.807) is 27.7 Å². The SMILES string of the molecule is CC(C)[C@H](N)C(=O)O[C@@H]1[C@H](OC(=O)[C@@H](N)C(C)C)[C@@H](COS(=O)(=O)O)O[C@H]1n1cnc2c(N[C@H]3CC[C@@H](O)C3)ncnc21. The zero-order chi connectivity index (χ0) is 31.6. The van der Waals surface area contributed by atoms with Gasteiger partial charge < -0.3 is 36.1 Å². The number of carbonyl (C=O) groups excluding carboxylic acids is 2. The van der Waals surface area contributed by atoms with E-state index in [1.165, 1.54) is 17.2 Å². The number of carbonyl (C=O) groups is 2. The fourth-order valence-corrected chi connectivity index (χ4v) is 5.19. The molecule has 2 aromatic heterocycles. The molecule has 2 aromatic rings. The van der Waals surface area contributed by atoms with Crippen LogP contribution in [0.3, 0.4) is 0 Å². The van der Waals surface area contributed by atoms with Crippen molar-refractivity contribution >= 4 is 39.3 Å². The van der Waals surface area contributed by atoms with Crippen LogP contribution in [-0.4, -0.2) is 98.7 Å². The van der Waals surface area contributed by atoms with Gasteiger partial charge in [0.25, 0.3) is 0 Å². The summed E-state index contributed by atoms with van der Waals surface area (Å²) in [4.78, 5) is 39.1. The molecule has 8 atom stereocenters. The van der Waals surface area contributed by atoms with Gasteiger partial charge >= 0.3 is 22.3 Å². The highest BCUT2D eigenvalue weighted by Gasteiger charge is 2.52. The molecule has 1 saturated heterocycles. The largest absolute Gasteiger partial charge is 0.454 e. The average Bonchev–Trinajstić information content (AvgIpc) is 3.63. The second-order valence-corrected chi connectivity index (χ2v) is 12.6. The maximum absolute atomic E-state index is 13.1. The maximum Gasteiger partial charge on any atom is 0.397 e. The number of aliphatic hydroxyl groups is 1. The average molecular weight is 630 g/mol. The molecule has 1 aliphatic carbocycles. The molecule has 4 rings (SSSR count). The Kier molecular flexibility index (Phi) is 10.2. The van der Waals surface area contributed by atoms with Crippen LogP contribution in [0.25, 0.3) is 11.2 Å².